The van der Waals surface area contributed by atoms with Crippen molar-refractivity contribution in [1.29, 1.82) is 0 Å². The zero-order chi connectivity index (χ0) is 14.4. The summed E-state index contributed by atoms with van der Waals surface area (Å²) in [6.45, 7) is 1.37. The fraction of sp³-hybridized carbons (Fsp3) is 0.611. The highest BCUT2D eigenvalue weighted by atomic mass is 16.2. The lowest BCUT2D eigenvalue weighted by molar-refractivity contribution is -0.140. The summed E-state index contributed by atoms with van der Waals surface area (Å²) < 4.78 is 0. The van der Waals surface area contributed by atoms with Crippen LogP contribution in [-0.4, -0.2) is 23.9 Å². The molecule has 2 N–H and O–H groups in total. The Hall–Kier alpha value is -1.35. The van der Waals surface area contributed by atoms with Crippen LogP contribution < -0.4 is 5.73 Å². The Labute approximate surface area is 126 Å². The Morgan fingerprint density at radius 2 is 2.10 bits per heavy atom. The predicted molar refractivity (Wildman–Crippen MR) is 82.6 cm³/mol. The number of benzene rings is 1. The third kappa shape index (κ3) is 2.10. The summed E-state index contributed by atoms with van der Waals surface area (Å²) in [5.74, 6) is 2.13. The van der Waals surface area contributed by atoms with Gasteiger partial charge in [-0.15, -0.1) is 0 Å². The van der Waals surface area contributed by atoms with E-state index in [0.29, 0.717) is 18.4 Å². The van der Waals surface area contributed by atoms with Crippen LogP contribution in [0.25, 0.3) is 0 Å². The van der Waals surface area contributed by atoms with E-state index >= 15 is 0 Å². The van der Waals surface area contributed by atoms with Crippen molar-refractivity contribution in [3.63, 3.8) is 0 Å². The van der Waals surface area contributed by atoms with Gasteiger partial charge in [-0.3, -0.25) is 4.79 Å². The van der Waals surface area contributed by atoms with E-state index in [2.05, 4.69) is 29.2 Å². The largest absolute Gasteiger partial charge is 0.334 e. The number of hydrogen-bond acceptors (Lipinski definition) is 2. The van der Waals surface area contributed by atoms with Gasteiger partial charge < -0.3 is 10.6 Å². The van der Waals surface area contributed by atoms with E-state index in [1.165, 1.54) is 30.4 Å². The van der Waals surface area contributed by atoms with Crippen LogP contribution in [0.4, 0.5) is 0 Å². The number of nitrogens with zero attached hydrogens (tertiary/aromatic N) is 1. The first-order valence-electron chi connectivity index (χ1n) is 8.36. The lowest BCUT2D eigenvalue weighted by Crippen LogP contribution is -2.46. The van der Waals surface area contributed by atoms with Gasteiger partial charge in [0.1, 0.15) is 0 Å². The molecule has 21 heavy (non-hydrogen) atoms. The monoisotopic (exact) mass is 284 g/mol. The molecule has 3 aliphatic rings. The fourth-order valence-corrected chi connectivity index (χ4v) is 4.93. The van der Waals surface area contributed by atoms with E-state index in [9.17, 15) is 4.79 Å². The quantitative estimate of drug-likeness (QED) is 0.907. The summed E-state index contributed by atoms with van der Waals surface area (Å²) in [5, 5.41) is 0. The van der Waals surface area contributed by atoms with Gasteiger partial charge in [-0.2, -0.15) is 0 Å². The number of hydrogen-bond donors (Lipinski definition) is 1. The predicted octanol–water partition coefficient (Wildman–Crippen LogP) is 2.51. The molecular formula is C18H24N2O. The van der Waals surface area contributed by atoms with E-state index in [1.54, 1.807) is 0 Å². The van der Waals surface area contributed by atoms with Crippen LogP contribution in [0.5, 0.6) is 0 Å². The summed E-state index contributed by atoms with van der Waals surface area (Å²) in [6.07, 6.45) is 5.99. The molecule has 2 saturated carbocycles. The lowest BCUT2D eigenvalue weighted by Gasteiger charge is -2.39. The van der Waals surface area contributed by atoms with Crippen LogP contribution in [0.2, 0.25) is 0 Å². The van der Waals surface area contributed by atoms with Crippen LogP contribution in [0.3, 0.4) is 0 Å². The van der Waals surface area contributed by atoms with Crippen molar-refractivity contribution in [3.05, 3.63) is 35.4 Å². The minimum absolute atomic E-state index is 0.0848. The Kier molecular flexibility index (Phi) is 3.26. The number of amides is 1. The van der Waals surface area contributed by atoms with Crippen molar-refractivity contribution in [2.24, 2.45) is 23.5 Å². The first kappa shape index (κ1) is 13.3. The molecule has 0 saturated heterocycles. The van der Waals surface area contributed by atoms with Gasteiger partial charge in [0.2, 0.25) is 5.91 Å². The van der Waals surface area contributed by atoms with E-state index in [-0.39, 0.29) is 12.0 Å². The standard InChI is InChI=1S/C18H24N2O/c19-11-17-15-4-2-1-3-13(15)7-8-20(17)18(21)16-10-12-5-6-14(16)9-12/h1-4,12,14,16-17H,5-11,19H2. The van der Waals surface area contributed by atoms with Crippen LogP contribution in [-0.2, 0) is 11.2 Å². The second kappa shape index (κ2) is 5.13. The van der Waals surface area contributed by atoms with E-state index in [1.807, 2.05) is 0 Å². The molecule has 1 aliphatic heterocycles. The van der Waals surface area contributed by atoms with Gasteiger partial charge in [0.15, 0.2) is 0 Å². The molecule has 4 rings (SSSR count). The Morgan fingerprint density at radius 3 is 2.81 bits per heavy atom. The molecule has 1 aromatic carbocycles. The smallest absolute Gasteiger partial charge is 0.226 e. The highest BCUT2D eigenvalue weighted by Crippen LogP contribution is 2.49. The first-order valence-corrected chi connectivity index (χ1v) is 8.36. The van der Waals surface area contributed by atoms with Gasteiger partial charge in [0.05, 0.1) is 6.04 Å². The summed E-state index contributed by atoms with van der Waals surface area (Å²) in [5.41, 5.74) is 8.66. The van der Waals surface area contributed by atoms with Crippen LogP contribution in [0, 0.1) is 17.8 Å². The third-order valence-electron chi connectivity index (χ3n) is 5.97. The van der Waals surface area contributed by atoms with Gasteiger partial charge in [-0.1, -0.05) is 30.7 Å². The summed E-state index contributed by atoms with van der Waals surface area (Å²) in [7, 11) is 0. The van der Waals surface area contributed by atoms with Crippen LogP contribution >= 0.6 is 0 Å². The van der Waals surface area contributed by atoms with Crippen molar-refractivity contribution < 1.29 is 4.79 Å². The highest BCUT2D eigenvalue weighted by molar-refractivity contribution is 5.80. The molecule has 4 atom stereocenters. The fourth-order valence-electron chi connectivity index (χ4n) is 4.93. The van der Waals surface area contributed by atoms with E-state index in [0.717, 1.165) is 25.3 Å². The molecule has 4 unspecified atom stereocenters. The molecule has 0 radical (unpaired) electrons. The van der Waals surface area contributed by atoms with Gasteiger partial charge >= 0.3 is 0 Å². The molecule has 2 aliphatic carbocycles. The average Bonchev–Trinajstić information content (AvgIpc) is 3.16. The molecule has 3 nitrogen and oxygen atoms in total. The first-order chi connectivity index (χ1) is 10.3. The molecule has 112 valence electrons. The maximum absolute atomic E-state index is 13.0. The molecule has 1 aromatic rings. The molecule has 1 heterocycles. The highest BCUT2D eigenvalue weighted by Gasteiger charge is 2.45. The summed E-state index contributed by atoms with van der Waals surface area (Å²) >= 11 is 0. The van der Waals surface area contributed by atoms with Gasteiger partial charge in [0.25, 0.3) is 0 Å². The number of nitrogens with two attached hydrogens (primary N) is 1. The van der Waals surface area contributed by atoms with Gasteiger partial charge in [0, 0.05) is 19.0 Å². The molecule has 0 spiro atoms. The summed E-state index contributed by atoms with van der Waals surface area (Å²) in [6, 6.07) is 8.55. The number of carbonyl (C=O) groups excluding carboxylic acids is 1. The maximum Gasteiger partial charge on any atom is 0.226 e. The van der Waals surface area contributed by atoms with Crippen molar-refractivity contribution >= 4 is 5.91 Å². The second-order valence-electron chi connectivity index (χ2n) is 7.01. The number of fused-ring (bicyclic) bond motifs is 3. The SMILES string of the molecule is NCC1c2ccccc2CCN1C(=O)C1CC2CCC1C2. The maximum atomic E-state index is 13.0. The minimum atomic E-state index is 0.0848. The van der Waals surface area contributed by atoms with E-state index in [4.69, 9.17) is 5.73 Å². The topological polar surface area (TPSA) is 46.3 Å². The number of rotatable bonds is 2. The van der Waals surface area contributed by atoms with Gasteiger partial charge in [-0.05, 0) is 48.6 Å². The Balaban J connectivity index is 1.59. The second-order valence-corrected chi connectivity index (χ2v) is 7.01. The molecule has 2 fully saturated rings. The minimum Gasteiger partial charge on any atom is -0.334 e. The lowest BCUT2D eigenvalue weighted by atomic mass is 9.85. The molecule has 3 heteroatoms. The zero-order valence-electron chi connectivity index (χ0n) is 12.5. The van der Waals surface area contributed by atoms with Crippen LogP contribution in [0.15, 0.2) is 24.3 Å². The van der Waals surface area contributed by atoms with Crippen molar-refractivity contribution in [2.45, 2.75) is 38.1 Å². The van der Waals surface area contributed by atoms with Crippen molar-refractivity contribution in [2.75, 3.05) is 13.1 Å². The average molecular weight is 284 g/mol. The Bertz CT molecular complexity index is 556. The normalized spacial score (nSPS) is 34.0. The van der Waals surface area contributed by atoms with E-state index < -0.39 is 0 Å². The Morgan fingerprint density at radius 1 is 1.24 bits per heavy atom. The number of carbonyl (C=O) groups is 1. The molecule has 2 bridgehead atoms. The van der Waals surface area contributed by atoms with Crippen molar-refractivity contribution in [1.82, 2.24) is 4.90 Å². The van der Waals surface area contributed by atoms with Crippen molar-refractivity contribution in [3.8, 4) is 0 Å². The summed E-state index contributed by atoms with van der Waals surface area (Å²) in [4.78, 5) is 15.1. The third-order valence-corrected chi connectivity index (χ3v) is 5.97. The molecular weight excluding hydrogens is 260 g/mol. The van der Waals surface area contributed by atoms with Crippen LogP contribution in [0.1, 0.15) is 42.9 Å². The van der Waals surface area contributed by atoms with Gasteiger partial charge in [-0.25, -0.2) is 0 Å². The molecule has 0 aromatic heterocycles. The zero-order valence-corrected chi connectivity index (χ0v) is 12.5. The molecule has 1 amide bonds.